The van der Waals surface area contributed by atoms with Crippen molar-refractivity contribution in [1.82, 2.24) is 0 Å². The van der Waals surface area contributed by atoms with Crippen LogP contribution in [0.5, 0.6) is 5.75 Å². The van der Waals surface area contributed by atoms with E-state index in [1.165, 1.54) is 6.42 Å². The molecule has 0 N–H and O–H groups in total. The Morgan fingerprint density at radius 1 is 1.35 bits per heavy atom. The lowest BCUT2D eigenvalue weighted by Gasteiger charge is -2.11. The molecule has 0 amide bonds. The van der Waals surface area contributed by atoms with Gasteiger partial charge in [-0.3, -0.25) is 4.79 Å². The molecule has 0 saturated heterocycles. The average molecular weight is 232 g/mol. The standard InChI is InChI=1S/C15H20O2/c1-11-7-8-12(9-11)14(16)10-13-5-3-4-6-15(13)17-2/h3-6,11-12H,7-10H2,1-2H3. The number of carbonyl (C=O) groups is 1. The Hall–Kier alpha value is -1.31. The molecule has 0 radical (unpaired) electrons. The summed E-state index contributed by atoms with van der Waals surface area (Å²) in [5, 5.41) is 0. The lowest BCUT2D eigenvalue weighted by Crippen LogP contribution is -2.14. The fourth-order valence-corrected chi connectivity index (χ4v) is 2.68. The zero-order valence-corrected chi connectivity index (χ0v) is 10.6. The molecule has 1 aromatic carbocycles. The third kappa shape index (κ3) is 2.87. The van der Waals surface area contributed by atoms with Gasteiger partial charge in [-0.2, -0.15) is 0 Å². The highest BCUT2D eigenvalue weighted by molar-refractivity contribution is 5.84. The van der Waals surface area contributed by atoms with Crippen LogP contribution in [0.1, 0.15) is 31.7 Å². The van der Waals surface area contributed by atoms with Crippen molar-refractivity contribution in [3.8, 4) is 5.75 Å². The summed E-state index contributed by atoms with van der Waals surface area (Å²) in [7, 11) is 1.65. The normalized spacial score (nSPS) is 23.6. The molecule has 1 saturated carbocycles. The van der Waals surface area contributed by atoms with E-state index in [0.717, 1.165) is 24.2 Å². The van der Waals surface area contributed by atoms with Gasteiger partial charge in [0.15, 0.2) is 0 Å². The molecule has 2 nitrogen and oxygen atoms in total. The van der Waals surface area contributed by atoms with Gasteiger partial charge in [-0.25, -0.2) is 0 Å². The Morgan fingerprint density at radius 3 is 2.76 bits per heavy atom. The predicted molar refractivity (Wildman–Crippen MR) is 68.2 cm³/mol. The Morgan fingerprint density at radius 2 is 2.12 bits per heavy atom. The first-order valence-corrected chi connectivity index (χ1v) is 6.35. The van der Waals surface area contributed by atoms with E-state index < -0.39 is 0 Å². The van der Waals surface area contributed by atoms with Gasteiger partial charge in [-0.15, -0.1) is 0 Å². The summed E-state index contributed by atoms with van der Waals surface area (Å²) in [6.07, 6.45) is 3.84. The minimum Gasteiger partial charge on any atom is -0.496 e. The third-order valence-electron chi connectivity index (χ3n) is 3.71. The average Bonchev–Trinajstić information content (AvgIpc) is 2.77. The second kappa shape index (κ2) is 5.35. The molecule has 1 aliphatic rings. The molecule has 2 atom stereocenters. The van der Waals surface area contributed by atoms with E-state index in [2.05, 4.69) is 6.92 Å². The van der Waals surface area contributed by atoms with Crippen LogP contribution >= 0.6 is 0 Å². The first kappa shape index (κ1) is 12.2. The van der Waals surface area contributed by atoms with E-state index >= 15 is 0 Å². The first-order chi connectivity index (χ1) is 8.20. The van der Waals surface area contributed by atoms with Crippen molar-refractivity contribution in [3.63, 3.8) is 0 Å². The molecule has 2 rings (SSSR count). The van der Waals surface area contributed by atoms with Crippen LogP contribution in [0.3, 0.4) is 0 Å². The molecule has 0 aromatic heterocycles. The van der Waals surface area contributed by atoms with Crippen LogP contribution in [0.2, 0.25) is 0 Å². The van der Waals surface area contributed by atoms with Gasteiger partial charge in [0.25, 0.3) is 0 Å². The van der Waals surface area contributed by atoms with Gasteiger partial charge in [-0.1, -0.05) is 25.1 Å². The van der Waals surface area contributed by atoms with Crippen molar-refractivity contribution >= 4 is 5.78 Å². The summed E-state index contributed by atoms with van der Waals surface area (Å²) >= 11 is 0. The van der Waals surface area contributed by atoms with Gasteiger partial charge in [0.1, 0.15) is 11.5 Å². The molecule has 92 valence electrons. The van der Waals surface area contributed by atoms with Crippen LogP contribution in [-0.2, 0) is 11.2 Å². The molecule has 1 aliphatic carbocycles. The first-order valence-electron chi connectivity index (χ1n) is 6.35. The molecule has 2 unspecified atom stereocenters. The number of benzene rings is 1. The van der Waals surface area contributed by atoms with Gasteiger partial charge in [0, 0.05) is 17.9 Å². The number of carbonyl (C=O) groups excluding carboxylic acids is 1. The summed E-state index contributed by atoms with van der Waals surface area (Å²) < 4.78 is 5.28. The lowest BCUT2D eigenvalue weighted by molar-refractivity contribution is -0.122. The molecule has 0 bridgehead atoms. The number of para-hydroxylation sites is 1. The second-order valence-electron chi connectivity index (χ2n) is 5.07. The Bertz CT molecular complexity index is 398. The number of ketones is 1. The Kier molecular flexibility index (Phi) is 3.82. The van der Waals surface area contributed by atoms with Crippen molar-refractivity contribution in [2.45, 2.75) is 32.6 Å². The summed E-state index contributed by atoms with van der Waals surface area (Å²) in [4.78, 5) is 12.2. The van der Waals surface area contributed by atoms with Crippen LogP contribution in [0.25, 0.3) is 0 Å². The summed E-state index contributed by atoms with van der Waals surface area (Å²) in [5.74, 6) is 2.18. The molecular formula is C15H20O2. The predicted octanol–water partition coefficient (Wildman–Crippen LogP) is 3.24. The SMILES string of the molecule is COc1ccccc1CC(=O)C1CCC(C)C1. The maximum atomic E-state index is 12.2. The van der Waals surface area contributed by atoms with Crippen molar-refractivity contribution in [2.24, 2.45) is 11.8 Å². The number of ether oxygens (including phenoxy) is 1. The van der Waals surface area contributed by atoms with E-state index in [4.69, 9.17) is 4.74 Å². The monoisotopic (exact) mass is 232 g/mol. The topological polar surface area (TPSA) is 26.3 Å². The van der Waals surface area contributed by atoms with Crippen molar-refractivity contribution in [2.75, 3.05) is 7.11 Å². The zero-order valence-electron chi connectivity index (χ0n) is 10.6. The highest BCUT2D eigenvalue weighted by Crippen LogP contribution is 2.32. The van der Waals surface area contributed by atoms with E-state index in [-0.39, 0.29) is 5.92 Å². The van der Waals surface area contributed by atoms with Crippen LogP contribution in [-0.4, -0.2) is 12.9 Å². The van der Waals surface area contributed by atoms with Crippen LogP contribution in [0.15, 0.2) is 24.3 Å². The highest BCUT2D eigenvalue weighted by atomic mass is 16.5. The highest BCUT2D eigenvalue weighted by Gasteiger charge is 2.27. The number of Topliss-reactive ketones (excluding diaryl/α,β-unsaturated/α-hetero) is 1. The van der Waals surface area contributed by atoms with Crippen LogP contribution in [0.4, 0.5) is 0 Å². The van der Waals surface area contributed by atoms with Crippen LogP contribution in [0, 0.1) is 11.8 Å². The van der Waals surface area contributed by atoms with Gasteiger partial charge in [0.05, 0.1) is 7.11 Å². The van der Waals surface area contributed by atoms with Gasteiger partial charge in [-0.05, 0) is 31.2 Å². The third-order valence-corrected chi connectivity index (χ3v) is 3.71. The molecule has 1 aromatic rings. The van der Waals surface area contributed by atoms with Gasteiger partial charge < -0.3 is 4.74 Å². The number of rotatable bonds is 4. The van der Waals surface area contributed by atoms with E-state index in [9.17, 15) is 4.79 Å². The van der Waals surface area contributed by atoms with E-state index in [1.54, 1.807) is 7.11 Å². The molecule has 1 fully saturated rings. The van der Waals surface area contributed by atoms with E-state index in [1.807, 2.05) is 24.3 Å². The van der Waals surface area contributed by atoms with Crippen molar-refractivity contribution in [3.05, 3.63) is 29.8 Å². The maximum Gasteiger partial charge on any atom is 0.140 e. The fourth-order valence-electron chi connectivity index (χ4n) is 2.68. The van der Waals surface area contributed by atoms with Gasteiger partial charge in [0.2, 0.25) is 0 Å². The molecule has 2 heteroatoms. The fraction of sp³-hybridized carbons (Fsp3) is 0.533. The summed E-state index contributed by atoms with van der Waals surface area (Å²) in [6.45, 7) is 2.23. The minimum atomic E-state index is 0.273. The molecular weight excluding hydrogens is 212 g/mol. The number of methoxy groups -OCH3 is 1. The number of hydrogen-bond acceptors (Lipinski definition) is 2. The largest absolute Gasteiger partial charge is 0.496 e. The summed E-state index contributed by atoms with van der Waals surface area (Å²) in [5.41, 5.74) is 1.01. The molecule has 0 heterocycles. The van der Waals surface area contributed by atoms with Crippen molar-refractivity contribution < 1.29 is 9.53 Å². The molecule has 17 heavy (non-hydrogen) atoms. The van der Waals surface area contributed by atoms with Crippen molar-refractivity contribution in [1.29, 1.82) is 0 Å². The maximum absolute atomic E-state index is 12.2. The van der Waals surface area contributed by atoms with E-state index in [0.29, 0.717) is 18.1 Å². The second-order valence-corrected chi connectivity index (χ2v) is 5.07. The summed E-state index contributed by atoms with van der Waals surface area (Å²) in [6, 6.07) is 7.79. The molecule has 0 aliphatic heterocycles. The Balaban J connectivity index is 2.03. The minimum absolute atomic E-state index is 0.273. The van der Waals surface area contributed by atoms with Crippen LogP contribution < -0.4 is 4.74 Å². The van der Waals surface area contributed by atoms with Gasteiger partial charge >= 0.3 is 0 Å². The number of hydrogen-bond donors (Lipinski definition) is 0. The zero-order chi connectivity index (χ0) is 12.3. The quantitative estimate of drug-likeness (QED) is 0.796. The smallest absolute Gasteiger partial charge is 0.140 e. The lowest BCUT2D eigenvalue weighted by atomic mass is 9.95. The molecule has 0 spiro atoms. The Labute approximate surface area is 103 Å².